The van der Waals surface area contributed by atoms with Gasteiger partial charge in [-0.05, 0) is 0 Å². The van der Waals surface area contributed by atoms with Gasteiger partial charge in [-0.3, -0.25) is 4.79 Å². The summed E-state index contributed by atoms with van der Waals surface area (Å²) in [7, 11) is 0. The summed E-state index contributed by atoms with van der Waals surface area (Å²) in [4.78, 5) is 19.2. The molecule has 14 heavy (non-hydrogen) atoms. The first-order valence-electron chi connectivity index (χ1n) is 4.29. The Balaban J connectivity index is 2.86. The summed E-state index contributed by atoms with van der Waals surface area (Å²) in [5.41, 5.74) is -0.206. The van der Waals surface area contributed by atoms with Gasteiger partial charge in [0.15, 0.2) is 0 Å². The molecule has 5 nitrogen and oxygen atoms in total. The van der Waals surface area contributed by atoms with E-state index in [1.54, 1.807) is 11.0 Å². The Morgan fingerprint density at radius 3 is 3.07 bits per heavy atom. The number of nitrogens with one attached hydrogen (secondary N) is 1. The zero-order chi connectivity index (χ0) is 10.4. The quantitative estimate of drug-likeness (QED) is 0.636. The van der Waals surface area contributed by atoms with Crippen LogP contribution in [0.15, 0.2) is 29.8 Å². The van der Waals surface area contributed by atoms with Gasteiger partial charge in [-0.2, -0.15) is 0 Å². The summed E-state index contributed by atoms with van der Waals surface area (Å²) >= 11 is 0. The summed E-state index contributed by atoms with van der Waals surface area (Å²) in [5, 5.41) is 8.80. The minimum atomic E-state index is -0.206. The van der Waals surface area contributed by atoms with E-state index in [9.17, 15) is 4.79 Å². The topological polar surface area (TPSA) is 69.2 Å². The van der Waals surface area contributed by atoms with Gasteiger partial charge in [-0.1, -0.05) is 6.08 Å². The number of anilines is 1. The van der Waals surface area contributed by atoms with Crippen molar-refractivity contribution in [1.29, 1.82) is 0 Å². The molecule has 1 heterocycles. The second-order valence-electron chi connectivity index (χ2n) is 2.73. The fourth-order valence-corrected chi connectivity index (χ4v) is 1.11. The predicted octanol–water partition coefficient (Wildman–Crippen LogP) is -0.245. The molecule has 0 aliphatic carbocycles. The van der Waals surface area contributed by atoms with Crippen LogP contribution in [0.2, 0.25) is 0 Å². The maximum atomic E-state index is 11.0. The normalized spacial score (nSPS) is 9.79. The summed E-state index contributed by atoms with van der Waals surface area (Å²) in [6.45, 7) is 4.60. The number of rotatable bonds is 5. The summed E-state index contributed by atoms with van der Waals surface area (Å²) in [6, 6.07) is 1.39. The highest BCUT2D eigenvalue weighted by molar-refractivity contribution is 5.37. The Morgan fingerprint density at radius 2 is 2.50 bits per heavy atom. The third-order valence-corrected chi connectivity index (χ3v) is 1.71. The van der Waals surface area contributed by atoms with E-state index in [-0.39, 0.29) is 12.2 Å². The van der Waals surface area contributed by atoms with Crippen molar-refractivity contribution in [2.45, 2.75) is 0 Å². The highest BCUT2D eigenvalue weighted by Gasteiger charge is 2.04. The lowest BCUT2D eigenvalue weighted by molar-refractivity contribution is 0.302. The van der Waals surface area contributed by atoms with E-state index in [0.29, 0.717) is 18.9 Å². The molecule has 0 aliphatic heterocycles. The van der Waals surface area contributed by atoms with E-state index in [2.05, 4.69) is 16.5 Å². The van der Waals surface area contributed by atoms with Crippen LogP contribution in [0.3, 0.4) is 0 Å². The zero-order valence-electron chi connectivity index (χ0n) is 7.81. The monoisotopic (exact) mass is 195 g/mol. The third-order valence-electron chi connectivity index (χ3n) is 1.71. The minimum absolute atomic E-state index is 0.0162. The highest BCUT2D eigenvalue weighted by atomic mass is 16.3. The van der Waals surface area contributed by atoms with Gasteiger partial charge >= 0.3 is 0 Å². The molecule has 0 fully saturated rings. The highest BCUT2D eigenvalue weighted by Crippen LogP contribution is 2.04. The molecule has 0 saturated carbocycles. The fraction of sp³-hybridized carbons (Fsp3) is 0.333. The number of aromatic amines is 1. The van der Waals surface area contributed by atoms with Gasteiger partial charge in [0, 0.05) is 19.2 Å². The van der Waals surface area contributed by atoms with Crippen LogP contribution in [0.5, 0.6) is 0 Å². The van der Waals surface area contributed by atoms with Crippen LogP contribution in [0.1, 0.15) is 0 Å². The second-order valence-corrected chi connectivity index (χ2v) is 2.73. The van der Waals surface area contributed by atoms with Crippen molar-refractivity contribution in [3.05, 3.63) is 35.4 Å². The predicted molar refractivity (Wildman–Crippen MR) is 54.4 cm³/mol. The van der Waals surface area contributed by atoms with E-state index >= 15 is 0 Å². The molecule has 0 aliphatic rings. The molecular formula is C9H13N3O2. The molecule has 76 valence electrons. The molecule has 1 rings (SSSR count). The molecule has 0 unspecified atom stereocenters. The number of nitrogens with zero attached hydrogens (tertiary/aromatic N) is 2. The van der Waals surface area contributed by atoms with Crippen molar-refractivity contribution < 1.29 is 5.11 Å². The second kappa shape index (κ2) is 5.18. The number of hydrogen-bond donors (Lipinski definition) is 2. The van der Waals surface area contributed by atoms with Crippen molar-refractivity contribution in [3.8, 4) is 0 Å². The maximum absolute atomic E-state index is 11.0. The van der Waals surface area contributed by atoms with Crippen molar-refractivity contribution >= 4 is 5.82 Å². The van der Waals surface area contributed by atoms with Crippen LogP contribution >= 0.6 is 0 Å². The fourth-order valence-electron chi connectivity index (χ4n) is 1.11. The van der Waals surface area contributed by atoms with E-state index in [1.807, 2.05) is 0 Å². The smallest absolute Gasteiger partial charge is 0.252 e. The first kappa shape index (κ1) is 10.5. The van der Waals surface area contributed by atoms with E-state index < -0.39 is 0 Å². The number of aliphatic hydroxyl groups excluding tert-OH is 1. The van der Waals surface area contributed by atoms with Crippen LogP contribution in [-0.2, 0) is 0 Å². The summed E-state index contributed by atoms with van der Waals surface area (Å²) in [6.07, 6.45) is 3.03. The molecule has 0 atom stereocenters. The van der Waals surface area contributed by atoms with Gasteiger partial charge < -0.3 is 15.0 Å². The van der Waals surface area contributed by atoms with Gasteiger partial charge in [-0.15, -0.1) is 6.58 Å². The van der Waals surface area contributed by atoms with Gasteiger partial charge in [0.25, 0.3) is 5.56 Å². The molecule has 5 heteroatoms. The van der Waals surface area contributed by atoms with Crippen LogP contribution in [0.25, 0.3) is 0 Å². The lowest BCUT2D eigenvalue weighted by Crippen LogP contribution is -2.28. The van der Waals surface area contributed by atoms with Crippen molar-refractivity contribution in [3.63, 3.8) is 0 Å². The van der Waals surface area contributed by atoms with Crippen molar-refractivity contribution in [2.75, 3.05) is 24.6 Å². The Labute approximate surface area is 81.7 Å². The minimum Gasteiger partial charge on any atom is -0.395 e. The van der Waals surface area contributed by atoms with Gasteiger partial charge in [0.2, 0.25) is 0 Å². The van der Waals surface area contributed by atoms with E-state index in [1.165, 1.54) is 12.4 Å². The van der Waals surface area contributed by atoms with Crippen LogP contribution in [0.4, 0.5) is 5.82 Å². The largest absolute Gasteiger partial charge is 0.395 e. The Kier molecular flexibility index (Phi) is 3.87. The molecule has 0 aromatic carbocycles. The first-order valence-corrected chi connectivity index (χ1v) is 4.29. The zero-order valence-corrected chi connectivity index (χ0v) is 7.81. The third kappa shape index (κ3) is 2.70. The number of aliphatic hydroxyl groups is 1. The number of aromatic nitrogens is 2. The number of H-pyrrole nitrogens is 1. The average molecular weight is 195 g/mol. The van der Waals surface area contributed by atoms with Crippen molar-refractivity contribution in [1.82, 2.24) is 9.97 Å². The first-order chi connectivity index (χ1) is 6.77. The van der Waals surface area contributed by atoms with Gasteiger partial charge in [0.05, 0.1) is 12.9 Å². The molecule has 1 aromatic rings. The SMILES string of the molecule is C=CCN(CCO)c1cc(=O)[nH]cn1. The lowest BCUT2D eigenvalue weighted by Gasteiger charge is -2.20. The molecule has 0 amide bonds. The van der Waals surface area contributed by atoms with Crippen molar-refractivity contribution in [2.24, 2.45) is 0 Å². The average Bonchev–Trinajstić information content (AvgIpc) is 2.17. The van der Waals surface area contributed by atoms with Crippen LogP contribution < -0.4 is 10.5 Å². The molecule has 1 aromatic heterocycles. The van der Waals surface area contributed by atoms with Crippen LogP contribution in [0, 0.1) is 0 Å². The lowest BCUT2D eigenvalue weighted by atomic mass is 10.4. The molecule has 0 saturated heterocycles. The Hall–Kier alpha value is -1.62. The summed E-state index contributed by atoms with van der Waals surface area (Å²) < 4.78 is 0. The van der Waals surface area contributed by atoms with Gasteiger partial charge in [0.1, 0.15) is 5.82 Å². The molecule has 0 radical (unpaired) electrons. The molecule has 0 spiro atoms. The van der Waals surface area contributed by atoms with E-state index in [4.69, 9.17) is 5.11 Å². The van der Waals surface area contributed by atoms with Crippen LogP contribution in [-0.4, -0.2) is 34.8 Å². The molecule has 0 bridgehead atoms. The maximum Gasteiger partial charge on any atom is 0.252 e. The Morgan fingerprint density at radius 1 is 1.71 bits per heavy atom. The molecule has 2 N–H and O–H groups in total. The summed E-state index contributed by atoms with van der Waals surface area (Å²) in [5.74, 6) is 0.544. The molecular weight excluding hydrogens is 182 g/mol. The van der Waals surface area contributed by atoms with E-state index in [0.717, 1.165) is 0 Å². The standard InChI is InChI=1S/C9H13N3O2/c1-2-3-12(4-5-13)8-6-9(14)11-7-10-8/h2,6-7,13H,1,3-5H2,(H,10,11,14). The Bertz CT molecular complexity index is 348. The van der Waals surface area contributed by atoms with Gasteiger partial charge in [-0.25, -0.2) is 4.98 Å². The number of hydrogen-bond acceptors (Lipinski definition) is 4.